The van der Waals surface area contributed by atoms with E-state index in [0.717, 1.165) is 88.7 Å². The number of aliphatic imine (C=N–C) groups is 1. The van der Waals surface area contributed by atoms with Gasteiger partial charge in [0, 0.05) is 58.7 Å². The number of aromatic nitrogens is 3. The molecule has 1 saturated carbocycles. The Kier molecular flexibility index (Phi) is 14.6. The summed E-state index contributed by atoms with van der Waals surface area (Å²) in [6.07, 6.45) is 2.90. The predicted molar refractivity (Wildman–Crippen MR) is 277 cm³/mol. The molecule has 2 saturated heterocycles. The van der Waals surface area contributed by atoms with Gasteiger partial charge < -0.3 is 30.9 Å². The fourth-order valence-corrected chi connectivity index (χ4v) is 11.6. The first-order valence-electron chi connectivity index (χ1n) is 25.0. The number of rotatable bonds is 14. The molecule has 0 spiro atoms. The summed E-state index contributed by atoms with van der Waals surface area (Å²) < 4.78 is 2.05. The highest BCUT2D eigenvalue weighted by Gasteiger charge is 2.45. The summed E-state index contributed by atoms with van der Waals surface area (Å²) in [5.74, 6) is 0.523. The van der Waals surface area contributed by atoms with Crippen LogP contribution in [-0.2, 0) is 32.0 Å². The number of aliphatic hydroxyl groups excluding tert-OH is 1. The van der Waals surface area contributed by atoms with Gasteiger partial charge in [-0.15, -0.1) is 21.5 Å². The van der Waals surface area contributed by atoms with E-state index in [1.54, 1.807) is 28.4 Å². The van der Waals surface area contributed by atoms with Crippen molar-refractivity contribution in [2.75, 3.05) is 19.6 Å². The van der Waals surface area contributed by atoms with E-state index in [1.165, 1.54) is 9.78 Å². The first kappa shape index (κ1) is 50.7. The Morgan fingerprint density at radius 2 is 1.54 bits per heavy atom. The molecule has 378 valence electrons. The average Bonchev–Trinajstić information content (AvgIpc) is 3.96. The van der Waals surface area contributed by atoms with E-state index in [9.17, 15) is 29.1 Å². The van der Waals surface area contributed by atoms with Crippen LogP contribution < -0.4 is 16.0 Å². The van der Waals surface area contributed by atoms with Crippen LogP contribution in [0, 0.1) is 32.1 Å². The third kappa shape index (κ3) is 10.8. The molecular weight excluding hydrogens is 950 g/mol. The minimum Gasteiger partial charge on any atom is -0.391 e. The Morgan fingerprint density at radius 1 is 0.861 bits per heavy atom. The smallest absolute Gasteiger partial charge is 0.253 e. The number of nitrogens with zero attached hydrogens (tertiary/aromatic N) is 6. The van der Waals surface area contributed by atoms with Crippen molar-refractivity contribution in [3.8, 4) is 5.00 Å². The minimum absolute atomic E-state index is 0.00773. The van der Waals surface area contributed by atoms with Gasteiger partial charge in [-0.1, -0.05) is 80.9 Å². The second-order valence-corrected chi connectivity index (χ2v) is 22.8. The summed E-state index contributed by atoms with van der Waals surface area (Å²) in [4.78, 5) is 77.6. The van der Waals surface area contributed by atoms with Gasteiger partial charge in [-0.3, -0.25) is 33.5 Å². The van der Waals surface area contributed by atoms with E-state index in [2.05, 4.69) is 44.6 Å². The van der Waals surface area contributed by atoms with Crippen molar-refractivity contribution in [2.45, 2.75) is 130 Å². The predicted octanol–water partition coefficient (Wildman–Crippen LogP) is 7.09. The SMILES string of the molecule is Cc1sc2c(c1C)C(c1ccc(Cl)cc1)=N[C@@H](CC(=O)NC1CC(Cc3ccc(CC(=O)N[C@H](C(=O)N4C[C@H](O)C[C@H]4C(=O)N[C@@H](C)c4ccc(C(=O)N5CCC5)cc4)C(C)(C)C)cc3)C1)c1nnc(C)n1-2. The molecule has 0 radical (unpaired) electrons. The lowest BCUT2D eigenvalue weighted by atomic mass is 9.76. The number of β-amino-alcohol motifs (C(OH)–C–C–N with tert-alkyl or cyclic N) is 1. The Bertz CT molecular complexity index is 2900. The zero-order valence-electron chi connectivity index (χ0n) is 42.0. The molecule has 3 fully saturated rings. The second kappa shape index (κ2) is 20.7. The Balaban J connectivity index is 0.764. The van der Waals surface area contributed by atoms with Crippen LogP contribution in [0.15, 0.2) is 77.8 Å². The van der Waals surface area contributed by atoms with Crippen molar-refractivity contribution in [1.82, 2.24) is 40.5 Å². The summed E-state index contributed by atoms with van der Waals surface area (Å²) in [5, 5.41) is 30.5. The maximum atomic E-state index is 14.3. The number of carbonyl (C=O) groups is 5. The van der Waals surface area contributed by atoms with Gasteiger partial charge in [0.1, 0.15) is 29.0 Å². The van der Waals surface area contributed by atoms with Gasteiger partial charge in [0.15, 0.2) is 5.82 Å². The number of thiophene rings is 1. The average molecular weight is 1010 g/mol. The Labute approximate surface area is 429 Å². The van der Waals surface area contributed by atoms with Crippen LogP contribution >= 0.6 is 22.9 Å². The molecule has 17 heteroatoms. The number of benzene rings is 3. The fraction of sp³-hybridized carbons (Fsp3) is 0.455. The summed E-state index contributed by atoms with van der Waals surface area (Å²) in [5.41, 5.74) is 6.51. The molecule has 5 amide bonds. The highest BCUT2D eigenvalue weighted by atomic mass is 35.5. The molecule has 3 aliphatic heterocycles. The van der Waals surface area contributed by atoms with Crippen LogP contribution in [0.3, 0.4) is 0 Å². The number of amides is 5. The van der Waals surface area contributed by atoms with E-state index in [0.29, 0.717) is 22.3 Å². The van der Waals surface area contributed by atoms with Crippen LogP contribution in [0.2, 0.25) is 5.02 Å². The zero-order chi connectivity index (χ0) is 51.2. The molecule has 3 aromatic carbocycles. The molecule has 4 aliphatic rings. The summed E-state index contributed by atoms with van der Waals surface area (Å²) in [6.45, 7) is 15.0. The highest BCUT2D eigenvalue weighted by Crippen LogP contribution is 2.40. The number of hydrogen-bond acceptors (Lipinski definition) is 10. The molecule has 1 aliphatic carbocycles. The standard InChI is InChI=1S/C55H64ClN9O6S/c1-30-32(3)72-54-47(30)48(38-17-19-40(56)20-18-38)59-43(50-62-61-33(4)65(50)54)28-46(68)58-41-24-36(25-41)23-34-9-11-35(12-10-34)26-45(67)60-49(55(5,6)7)53(71)64-29-42(66)27-44(64)51(69)57-31(2)37-13-15-39(16-14-37)52(70)63-21-8-22-63/h9-20,31,36,41-44,49,66H,8,21-29H2,1-7H3,(H,57,69)(H,58,68)(H,60,67)/t31-,36?,41?,42+,43-,44-,49+/m0/s1. The summed E-state index contributed by atoms with van der Waals surface area (Å²) in [6, 6.07) is 19.9. The van der Waals surface area contributed by atoms with Crippen LogP contribution in [-0.4, -0.2) is 109 Å². The van der Waals surface area contributed by atoms with Crippen molar-refractivity contribution >= 4 is 58.2 Å². The second-order valence-electron chi connectivity index (χ2n) is 21.2. The number of carbonyl (C=O) groups excluding carboxylic acids is 5. The molecule has 4 N–H and O–H groups in total. The Morgan fingerprint density at radius 3 is 2.19 bits per heavy atom. The first-order valence-corrected chi connectivity index (χ1v) is 26.2. The van der Waals surface area contributed by atoms with Gasteiger partial charge in [0.2, 0.25) is 23.6 Å². The number of aliphatic hydroxyl groups is 1. The molecule has 15 nitrogen and oxygen atoms in total. The van der Waals surface area contributed by atoms with E-state index in [4.69, 9.17) is 16.6 Å². The van der Waals surface area contributed by atoms with Crippen LogP contribution in [0.4, 0.5) is 0 Å². The van der Waals surface area contributed by atoms with Crippen LogP contribution in [0.5, 0.6) is 0 Å². The summed E-state index contributed by atoms with van der Waals surface area (Å²) in [7, 11) is 0. The van der Waals surface area contributed by atoms with Gasteiger partial charge >= 0.3 is 0 Å². The van der Waals surface area contributed by atoms with Crippen molar-refractivity contribution in [3.05, 3.63) is 133 Å². The third-order valence-corrected chi connectivity index (χ3v) is 16.1. The highest BCUT2D eigenvalue weighted by molar-refractivity contribution is 7.15. The lowest BCUT2D eigenvalue weighted by Gasteiger charge is -2.36. The van der Waals surface area contributed by atoms with Gasteiger partial charge in [-0.25, -0.2) is 0 Å². The molecular formula is C55H64ClN9O6S. The molecule has 5 aromatic rings. The molecule has 2 aromatic heterocycles. The zero-order valence-corrected chi connectivity index (χ0v) is 43.6. The monoisotopic (exact) mass is 1010 g/mol. The molecule has 0 bridgehead atoms. The molecule has 9 rings (SSSR count). The molecule has 72 heavy (non-hydrogen) atoms. The maximum absolute atomic E-state index is 14.3. The van der Waals surface area contributed by atoms with E-state index >= 15 is 0 Å². The summed E-state index contributed by atoms with van der Waals surface area (Å²) >= 11 is 7.95. The quantitative estimate of drug-likeness (QED) is 0.0907. The van der Waals surface area contributed by atoms with Gasteiger partial charge in [-0.2, -0.15) is 0 Å². The molecule has 5 heterocycles. The third-order valence-electron chi connectivity index (χ3n) is 14.7. The van der Waals surface area contributed by atoms with Crippen molar-refractivity contribution < 1.29 is 29.1 Å². The van der Waals surface area contributed by atoms with Gasteiger partial charge in [-0.05, 0) is 111 Å². The van der Waals surface area contributed by atoms with Crippen LogP contribution in [0.1, 0.15) is 132 Å². The largest absolute Gasteiger partial charge is 0.391 e. The number of hydrogen-bond donors (Lipinski definition) is 4. The first-order chi connectivity index (χ1) is 34.3. The number of fused-ring (bicyclic) bond motifs is 3. The van der Waals surface area contributed by atoms with E-state index in [1.807, 2.05) is 95.3 Å². The maximum Gasteiger partial charge on any atom is 0.253 e. The van der Waals surface area contributed by atoms with Crippen molar-refractivity contribution in [3.63, 3.8) is 0 Å². The Hall–Kier alpha value is -6.23. The lowest BCUT2D eigenvalue weighted by Crippen LogP contribution is -2.58. The lowest BCUT2D eigenvalue weighted by molar-refractivity contribution is -0.144. The van der Waals surface area contributed by atoms with Crippen LogP contribution in [0.25, 0.3) is 5.00 Å². The number of halogens is 1. The number of likely N-dealkylation sites (tertiary alicyclic amines) is 2. The molecule has 5 atom stereocenters. The van der Waals surface area contributed by atoms with Crippen molar-refractivity contribution in [1.29, 1.82) is 0 Å². The number of aryl methyl sites for hydroxylation is 2. The minimum atomic E-state index is -0.954. The van der Waals surface area contributed by atoms with Gasteiger partial charge in [0.25, 0.3) is 5.91 Å². The fourth-order valence-electron chi connectivity index (χ4n) is 10.3. The topological polar surface area (TPSA) is 191 Å². The van der Waals surface area contributed by atoms with Crippen molar-refractivity contribution in [2.24, 2.45) is 16.3 Å². The van der Waals surface area contributed by atoms with Gasteiger partial charge in [0.05, 0.1) is 30.7 Å². The number of nitrogens with one attached hydrogen (secondary N) is 3. The van der Waals surface area contributed by atoms with E-state index < -0.39 is 47.5 Å². The van der Waals surface area contributed by atoms with E-state index in [-0.39, 0.29) is 49.6 Å². The normalized spacial score (nSPS) is 21.2. The molecule has 0 unspecified atom stereocenters.